The average molecular weight is 794 g/mol. The number of allylic oxidation sites excluding steroid dienone is 1. The Kier molecular flexibility index (Phi) is 31.0. The number of carbonyl (C=O) groups excluding carboxylic acids is 1. The SMILES string of the molecule is CCCCCCCCCCCCCC/C=C/C(O)C(COC1OC(CO)C(O)C(OS(=O)(=O)O)C1O)NC(=O)CCCCCCCCCCCCCCC. The molecule has 0 aromatic carbocycles. The van der Waals surface area contributed by atoms with Crippen LogP contribution < -0.4 is 5.32 Å². The van der Waals surface area contributed by atoms with E-state index >= 15 is 0 Å². The summed E-state index contributed by atoms with van der Waals surface area (Å²) in [6.45, 7) is 3.37. The molecule has 1 fully saturated rings. The van der Waals surface area contributed by atoms with Crippen LogP contribution in [0, 0.1) is 0 Å². The standard InChI is InChI=1S/C41H79NO11S/c1-3-5-7-9-11-13-15-17-19-20-22-24-26-28-30-35(44)34(33-51-41-39(47)40(53-54(48,49)50)38(46)36(32-43)52-41)42-37(45)31-29-27-25-23-21-18-16-14-12-10-8-6-4-2/h28,30,34-36,38-41,43-44,46-47H,3-27,29,31-33H2,1-2H3,(H,42,45)(H,48,49,50)/b30-28+. The van der Waals surface area contributed by atoms with Gasteiger partial charge < -0.3 is 35.2 Å². The maximum absolute atomic E-state index is 13.0. The quantitative estimate of drug-likeness (QED) is 0.0208. The van der Waals surface area contributed by atoms with Crippen LogP contribution in [0.1, 0.15) is 187 Å². The summed E-state index contributed by atoms with van der Waals surface area (Å²) in [5, 5.41) is 44.6. The van der Waals surface area contributed by atoms with Gasteiger partial charge in [0.1, 0.15) is 24.4 Å². The van der Waals surface area contributed by atoms with Crippen LogP contribution in [-0.4, -0.2) is 95.4 Å². The van der Waals surface area contributed by atoms with Crippen molar-refractivity contribution in [2.24, 2.45) is 0 Å². The normalized spacial score (nSPS) is 21.8. The Hall–Kier alpha value is -1.16. The molecule has 320 valence electrons. The fourth-order valence-electron chi connectivity index (χ4n) is 6.92. The third kappa shape index (κ3) is 25.9. The van der Waals surface area contributed by atoms with Crippen molar-refractivity contribution in [3.8, 4) is 0 Å². The molecule has 0 bridgehead atoms. The van der Waals surface area contributed by atoms with Crippen LogP contribution >= 0.6 is 0 Å². The van der Waals surface area contributed by atoms with Crippen molar-refractivity contribution in [1.29, 1.82) is 0 Å². The molecule has 1 amide bonds. The lowest BCUT2D eigenvalue weighted by molar-refractivity contribution is -0.298. The molecule has 1 saturated heterocycles. The maximum Gasteiger partial charge on any atom is 0.397 e. The van der Waals surface area contributed by atoms with Crippen molar-refractivity contribution in [3.63, 3.8) is 0 Å². The summed E-state index contributed by atoms with van der Waals surface area (Å²) in [6, 6.07) is -0.936. The molecular formula is C41H79NO11S. The monoisotopic (exact) mass is 794 g/mol. The summed E-state index contributed by atoms with van der Waals surface area (Å²) in [5.74, 6) is -0.263. The molecule has 1 rings (SSSR count). The van der Waals surface area contributed by atoms with E-state index in [1.54, 1.807) is 6.08 Å². The molecule has 0 spiro atoms. The number of unbranched alkanes of at least 4 members (excludes halogenated alkanes) is 24. The Morgan fingerprint density at radius 3 is 1.61 bits per heavy atom. The third-order valence-electron chi connectivity index (χ3n) is 10.3. The number of carbonyl (C=O) groups is 1. The number of ether oxygens (including phenoxy) is 2. The highest BCUT2D eigenvalue weighted by Gasteiger charge is 2.48. The van der Waals surface area contributed by atoms with Crippen LogP contribution in [0.25, 0.3) is 0 Å². The van der Waals surface area contributed by atoms with E-state index in [0.717, 1.165) is 38.5 Å². The molecule has 13 heteroatoms. The van der Waals surface area contributed by atoms with E-state index in [0.29, 0.717) is 6.42 Å². The van der Waals surface area contributed by atoms with Gasteiger partial charge in [-0.3, -0.25) is 9.35 Å². The van der Waals surface area contributed by atoms with Gasteiger partial charge in [-0.15, -0.1) is 0 Å². The van der Waals surface area contributed by atoms with E-state index in [-0.39, 0.29) is 18.9 Å². The summed E-state index contributed by atoms with van der Waals surface area (Å²) in [7, 11) is -5.08. The van der Waals surface area contributed by atoms with Gasteiger partial charge in [-0.2, -0.15) is 8.42 Å². The van der Waals surface area contributed by atoms with Crippen molar-refractivity contribution >= 4 is 16.3 Å². The van der Waals surface area contributed by atoms with E-state index in [1.165, 1.54) is 122 Å². The lowest BCUT2D eigenvalue weighted by Crippen LogP contribution is -2.61. The Bertz CT molecular complexity index is 1030. The van der Waals surface area contributed by atoms with Gasteiger partial charge >= 0.3 is 10.4 Å². The summed E-state index contributed by atoms with van der Waals surface area (Å²) in [5.41, 5.74) is 0. The van der Waals surface area contributed by atoms with Gasteiger partial charge in [0.15, 0.2) is 6.29 Å². The zero-order chi connectivity index (χ0) is 39.9. The molecule has 0 aliphatic carbocycles. The molecule has 12 nitrogen and oxygen atoms in total. The minimum Gasteiger partial charge on any atom is -0.394 e. The zero-order valence-electron chi connectivity index (χ0n) is 33.8. The Morgan fingerprint density at radius 2 is 1.17 bits per heavy atom. The maximum atomic E-state index is 13.0. The minimum absolute atomic E-state index is 0.263. The van der Waals surface area contributed by atoms with Gasteiger partial charge in [-0.25, -0.2) is 4.18 Å². The number of amides is 1. The van der Waals surface area contributed by atoms with Gasteiger partial charge in [0.05, 0.1) is 25.4 Å². The van der Waals surface area contributed by atoms with Crippen molar-refractivity contribution in [2.45, 2.75) is 230 Å². The molecule has 7 unspecified atom stereocenters. The smallest absolute Gasteiger partial charge is 0.394 e. The van der Waals surface area contributed by atoms with Crippen LogP contribution in [0.2, 0.25) is 0 Å². The highest BCUT2D eigenvalue weighted by molar-refractivity contribution is 7.80. The fraction of sp³-hybridized carbons (Fsp3) is 0.927. The first-order valence-electron chi connectivity index (χ1n) is 21.6. The second kappa shape index (κ2) is 32.9. The summed E-state index contributed by atoms with van der Waals surface area (Å²) in [4.78, 5) is 13.0. The van der Waals surface area contributed by atoms with Crippen LogP contribution in [0.15, 0.2) is 12.2 Å². The van der Waals surface area contributed by atoms with Crippen LogP contribution in [0.5, 0.6) is 0 Å². The molecule has 0 aromatic rings. The number of nitrogens with one attached hydrogen (secondary N) is 1. The van der Waals surface area contributed by atoms with E-state index in [9.17, 15) is 33.6 Å². The van der Waals surface area contributed by atoms with Crippen LogP contribution in [0.4, 0.5) is 0 Å². The second-order valence-electron chi connectivity index (χ2n) is 15.3. The number of rotatable bonds is 36. The van der Waals surface area contributed by atoms with Crippen LogP contribution in [0.3, 0.4) is 0 Å². The molecule has 0 aromatic heterocycles. The minimum atomic E-state index is -5.08. The highest BCUT2D eigenvalue weighted by atomic mass is 32.3. The molecule has 1 aliphatic heterocycles. The van der Waals surface area contributed by atoms with Crippen LogP contribution in [-0.2, 0) is 28.9 Å². The first-order valence-corrected chi connectivity index (χ1v) is 22.9. The van der Waals surface area contributed by atoms with Gasteiger partial charge in [0.2, 0.25) is 5.91 Å². The van der Waals surface area contributed by atoms with Gasteiger partial charge in [-0.05, 0) is 19.3 Å². The van der Waals surface area contributed by atoms with E-state index in [2.05, 4.69) is 23.3 Å². The zero-order valence-corrected chi connectivity index (χ0v) is 34.6. The lowest BCUT2D eigenvalue weighted by atomic mass is 9.99. The third-order valence-corrected chi connectivity index (χ3v) is 10.8. The van der Waals surface area contributed by atoms with Gasteiger partial charge in [0.25, 0.3) is 0 Å². The second-order valence-corrected chi connectivity index (χ2v) is 16.3. The number of aliphatic hydroxyl groups is 4. The molecule has 54 heavy (non-hydrogen) atoms. The summed E-state index contributed by atoms with van der Waals surface area (Å²) >= 11 is 0. The highest BCUT2D eigenvalue weighted by Crippen LogP contribution is 2.26. The lowest BCUT2D eigenvalue weighted by Gasteiger charge is -2.41. The predicted octanol–water partition coefficient (Wildman–Crippen LogP) is 7.60. The van der Waals surface area contributed by atoms with E-state index < -0.39 is 59.9 Å². The predicted molar refractivity (Wildman–Crippen MR) is 213 cm³/mol. The summed E-state index contributed by atoms with van der Waals surface area (Å²) < 4.78 is 47.5. The Morgan fingerprint density at radius 1 is 0.722 bits per heavy atom. The van der Waals surface area contributed by atoms with E-state index in [1.807, 2.05) is 6.08 Å². The van der Waals surface area contributed by atoms with Crippen molar-refractivity contribution in [2.75, 3.05) is 13.2 Å². The molecule has 1 heterocycles. The summed E-state index contributed by atoms with van der Waals surface area (Å²) in [6.07, 6.45) is 25.3. The topological polar surface area (TPSA) is 192 Å². The Balaban J connectivity index is 2.58. The van der Waals surface area contributed by atoms with E-state index in [4.69, 9.17) is 14.0 Å². The first kappa shape index (κ1) is 50.9. The number of hydrogen-bond donors (Lipinski definition) is 6. The fourth-order valence-corrected chi connectivity index (χ4v) is 7.43. The molecule has 1 aliphatic rings. The number of hydrogen-bond acceptors (Lipinski definition) is 10. The largest absolute Gasteiger partial charge is 0.397 e. The number of aliphatic hydroxyl groups excluding tert-OH is 4. The van der Waals surface area contributed by atoms with Crippen molar-refractivity contribution in [3.05, 3.63) is 12.2 Å². The molecule has 0 saturated carbocycles. The molecule has 6 N–H and O–H groups in total. The van der Waals surface area contributed by atoms with Gasteiger partial charge in [0, 0.05) is 6.42 Å². The average Bonchev–Trinajstić information content (AvgIpc) is 3.14. The van der Waals surface area contributed by atoms with Crippen molar-refractivity contribution < 1.29 is 51.8 Å². The Labute approximate surface area is 328 Å². The molecule has 7 atom stereocenters. The first-order chi connectivity index (χ1) is 26.0. The molecular weight excluding hydrogens is 715 g/mol. The van der Waals surface area contributed by atoms with Gasteiger partial charge in [-0.1, -0.05) is 174 Å². The van der Waals surface area contributed by atoms with Crippen molar-refractivity contribution in [1.82, 2.24) is 5.32 Å². The molecule has 0 radical (unpaired) electrons.